The highest BCUT2D eigenvalue weighted by molar-refractivity contribution is 6.30. The van der Waals surface area contributed by atoms with E-state index in [9.17, 15) is 14.0 Å². The van der Waals surface area contributed by atoms with Gasteiger partial charge in [0.2, 0.25) is 0 Å². The van der Waals surface area contributed by atoms with Crippen molar-refractivity contribution in [1.29, 1.82) is 0 Å². The zero-order valence-corrected chi connectivity index (χ0v) is 21.9. The van der Waals surface area contributed by atoms with Gasteiger partial charge in [0, 0.05) is 30.2 Å². The SMILES string of the molecule is CC(C)(Oc1ccc(CCNC(=O)c2ccc(Cl)cc2)cc1)C(=O)N1CCC(c2ccc(F)cc2)CC1. The van der Waals surface area contributed by atoms with Gasteiger partial charge in [-0.3, -0.25) is 9.59 Å². The van der Waals surface area contributed by atoms with E-state index in [0.29, 0.717) is 48.3 Å². The van der Waals surface area contributed by atoms with Crippen molar-refractivity contribution in [2.75, 3.05) is 19.6 Å². The van der Waals surface area contributed by atoms with E-state index in [-0.39, 0.29) is 17.6 Å². The summed E-state index contributed by atoms with van der Waals surface area (Å²) >= 11 is 5.87. The number of hydrogen-bond acceptors (Lipinski definition) is 3. The number of rotatable bonds is 8. The van der Waals surface area contributed by atoms with Crippen LogP contribution in [-0.2, 0) is 11.2 Å². The Hall–Kier alpha value is -3.38. The fourth-order valence-corrected chi connectivity index (χ4v) is 4.74. The number of piperidine rings is 1. The van der Waals surface area contributed by atoms with Gasteiger partial charge in [0.05, 0.1) is 0 Å². The molecule has 1 N–H and O–H groups in total. The summed E-state index contributed by atoms with van der Waals surface area (Å²) in [5.41, 5.74) is 1.74. The van der Waals surface area contributed by atoms with Crippen molar-refractivity contribution in [3.8, 4) is 5.75 Å². The molecule has 37 heavy (non-hydrogen) atoms. The highest BCUT2D eigenvalue weighted by Crippen LogP contribution is 2.30. The standard InChI is InChI=1S/C30H32ClFN2O3/c1-30(2,29(36)34-19-16-23(17-20-34)22-7-11-26(32)12-8-22)37-27-13-3-21(4-14-27)15-18-33-28(35)24-5-9-25(31)10-6-24/h3-14,23H,15-20H2,1-2H3,(H,33,35). The van der Waals surface area contributed by atoms with Crippen LogP contribution in [-0.4, -0.2) is 41.9 Å². The van der Waals surface area contributed by atoms with E-state index in [1.165, 1.54) is 12.1 Å². The molecule has 4 rings (SSSR count). The molecule has 0 spiro atoms. The molecular weight excluding hydrogens is 491 g/mol. The van der Waals surface area contributed by atoms with Gasteiger partial charge in [-0.1, -0.05) is 35.9 Å². The summed E-state index contributed by atoms with van der Waals surface area (Å²) in [7, 11) is 0. The third-order valence-corrected chi connectivity index (χ3v) is 6.99. The predicted molar refractivity (Wildman–Crippen MR) is 144 cm³/mol. The van der Waals surface area contributed by atoms with Crippen molar-refractivity contribution >= 4 is 23.4 Å². The molecule has 1 aliphatic heterocycles. The van der Waals surface area contributed by atoms with Gasteiger partial charge >= 0.3 is 0 Å². The number of nitrogens with zero attached hydrogens (tertiary/aromatic N) is 1. The summed E-state index contributed by atoms with van der Waals surface area (Å²) in [5, 5.41) is 3.50. The Bertz CT molecular complexity index is 1200. The van der Waals surface area contributed by atoms with E-state index < -0.39 is 5.60 Å². The smallest absolute Gasteiger partial charge is 0.266 e. The van der Waals surface area contributed by atoms with Crippen molar-refractivity contribution in [3.05, 3.63) is 100 Å². The number of nitrogens with one attached hydrogen (secondary N) is 1. The fraction of sp³-hybridized carbons (Fsp3) is 0.333. The molecule has 0 saturated carbocycles. The number of hydrogen-bond donors (Lipinski definition) is 1. The van der Waals surface area contributed by atoms with Crippen LogP contribution in [0.15, 0.2) is 72.8 Å². The summed E-state index contributed by atoms with van der Waals surface area (Å²) in [5.74, 6) is 0.535. The molecule has 1 heterocycles. The van der Waals surface area contributed by atoms with Crippen LogP contribution in [0.3, 0.4) is 0 Å². The predicted octanol–water partition coefficient (Wildman–Crippen LogP) is 6.02. The number of ether oxygens (including phenoxy) is 1. The zero-order chi connectivity index (χ0) is 26.4. The van der Waals surface area contributed by atoms with Crippen LogP contribution in [0, 0.1) is 5.82 Å². The molecule has 0 aromatic heterocycles. The van der Waals surface area contributed by atoms with E-state index in [1.807, 2.05) is 41.3 Å². The van der Waals surface area contributed by atoms with Gasteiger partial charge in [0.15, 0.2) is 5.60 Å². The second kappa shape index (κ2) is 11.8. The Balaban J connectivity index is 1.24. The molecule has 3 aromatic rings. The molecule has 0 atom stereocenters. The van der Waals surface area contributed by atoms with Crippen LogP contribution in [0.4, 0.5) is 4.39 Å². The van der Waals surface area contributed by atoms with Crippen LogP contribution in [0.25, 0.3) is 0 Å². The minimum atomic E-state index is -1.00. The average molecular weight is 523 g/mol. The molecule has 1 aliphatic rings. The minimum Gasteiger partial charge on any atom is -0.478 e. The van der Waals surface area contributed by atoms with Crippen molar-refractivity contribution in [1.82, 2.24) is 10.2 Å². The molecule has 1 fully saturated rings. The normalized spacial score (nSPS) is 14.3. The Morgan fingerprint density at radius 2 is 1.59 bits per heavy atom. The Kier molecular flexibility index (Phi) is 8.49. The Morgan fingerprint density at radius 1 is 0.973 bits per heavy atom. The summed E-state index contributed by atoms with van der Waals surface area (Å²) in [6.45, 7) is 5.38. The maximum absolute atomic E-state index is 13.2. The van der Waals surface area contributed by atoms with E-state index in [4.69, 9.17) is 16.3 Å². The molecule has 1 saturated heterocycles. The maximum atomic E-state index is 13.2. The largest absolute Gasteiger partial charge is 0.478 e. The molecule has 7 heteroatoms. The molecule has 0 unspecified atom stereocenters. The first-order valence-corrected chi connectivity index (χ1v) is 13.0. The first-order valence-electron chi connectivity index (χ1n) is 12.6. The van der Waals surface area contributed by atoms with Crippen LogP contribution in [0.5, 0.6) is 5.75 Å². The van der Waals surface area contributed by atoms with Crippen molar-refractivity contribution in [2.45, 2.75) is 44.6 Å². The molecule has 194 valence electrons. The monoisotopic (exact) mass is 522 g/mol. The summed E-state index contributed by atoms with van der Waals surface area (Å²) in [6, 6.07) is 21.0. The van der Waals surface area contributed by atoms with Crippen molar-refractivity contribution in [2.24, 2.45) is 0 Å². The van der Waals surface area contributed by atoms with Gasteiger partial charge in [-0.15, -0.1) is 0 Å². The second-order valence-electron chi connectivity index (χ2n) is 9.89. The molecule has 0 bridgehead atoms. The number of carbonyl (C=O) groups is 2. The molecule has 0 aliphatic carbocycles. The minimum absolute atomic E-state index is 0.0426. The van der Waals surface area contributed by atoms with E-state index in [0.717, 1.165) is 24.0 Å². The van der Waals surface area contributed by atoms with Crippen LogP contribution < -0.4 is 10.1 Å². The van der Waals surface area contributed by atoms with Crippen LogP contribution in [0.1, 0.15) is 54.1 Å². The van der Waals surface area contributed by atoms with E-state index >= 15 is 0 Å². The topological polar surface area (TPSA) is 58.6 Å². The summed E-state index contributed by atoms with van der Waals surface area (Å²) in [6.07, 6.45) is 2.36. The molecule has 0 radical (unpaired) electrons. The van der Waals surface area contributed by atoms with Crippen LogP contribution >= 0.6 is 11.6 Å². The summed E-state index contributed by atoms with van der Waals surface area (Å²) in [4.78, 5) is 27.3. The number of likely N-dealkylation sites (tertiary alicyclic amines) is 1. The van der Waals surface area contributed by atoms with Gasteiger partial charge in [-0.2, -0.15) is 0 Å². The zero-order valence-electron chi connectivity index (χ0n) is 21.2. The molecule has 5 nitrogen and oxygen atoms in total. The third-order valence-electron chi connectivity index (χ3n) is 6.74. The first-order chi connectivity index (χ1) is 17.7. The number of carbonyl (C=O) groups excluding carboxylic acids is 2. The van der Waals surface area contributed by atoms with Gasteiger partial charge in [-0.25, -0.2) is 4.39 Å². The molecular formula is C30H32ClFN2O3. The molecule has 3 aromatic carbocycles. The number of halogens is 2. The van der Waals surface area contributed by atoms with Gasteiger partial charge < -0.3 is 15.0 Å². The highest BCUT2D eigenvalue weighted by Gasteiger charge is 2.36. The lowest BCUT2D eigenvalue weighted by Crippen LogP contribution is -2.51. The maximum Gasteiger partial charge on any atom is 0.266 e. The van der Waals surface area contributed by atoms with Gasteiger partial charge in [0.1, 0.15) is 11.6 Å². The summed E-state index contributed by atoms with van der Waals surface area (Å²) < 4.78 is 19.3. The third kappa shape index (κ3) is 7.10. The molecule has 2 amide bonds. The lowest BCUT2D eigenvalue weighted by molar-refractivity contribution is -0.146. The first kappa shape index (κ1) is 26.7. The Morgan fingerprint density at radius 3 is 2.22 bits per heavy atom. The van der Waals surface area contributed by atoms with Crippen LogP contribution in [0.2, 0.25) is 5.02 Å². The number of amides is 2. The van der Waals surface area contributed by atoms with Crippen molar-refractivity contribution < 1.29 is 18.7 Å². The number of benzene rings is 3. The van der Waals surface area contributed by atoms with E-state index in [1.54, 1.807) is 38.1 Å². The van der Waals surface area contributed by atoms with E-state index in [2.05, 4.69) is 5.32 Å². The average Bonchev–Trinajstić information content (AvgIpc) is 2.90. The van der Waals surface area contributed by atoms with Gasteiger partial charge in [0.25, 0.3) is 11.8 Å². The second-order valence-corrected chi connectivity index (χ2v) is 10.3. The van der Waals surface area contributed by atoms with Gasteiger partial charge in [-0.05, 0) is 98.7 Å². The Labute approximate surface area is 222 Å². The highest BCUT2D eigenvalue weighted by atomic mass is 35.5. The lowest BCUT2D eigenvalue weighted by atomic mass is 9.89. The van der Waals surface area contributed by atoms with Crippen molar-refractivity contribution in [3.63, 3.8) is 0 Å². The fourth-order valence-electron chi connectivity index (χ4n) is 4.62. The quantitative estimate of drug-likeness (QED) is 0.394. The lowest BCUT2D eigenvalue weighted by Gasteiger charge is -2.37.